The minimum Gasteiger partial charge on any atom is -0.261 e. The number of anilines is 1. The van der Waals surface area contributed by atoms with E-state index < -0.39 is 15.8 Å². The molecular formula is C13H15FN2O2S2. The van der Waals surface area contributed by atoms with Crippen molar-refractivity contribution in [1.82, 2.24) is 4.98 Å². The zero-order chi connectivity index (χ0) is 14.9. The van der Waals surface area contributed by atoms with Gasteiger partial charge >= 0.3 is 0 Å². The van der Waals surface area contributed by atoms with E-state index in [1.165, 1.54) is 29.5 Å². The lowest BCUT2D eigenvalue weighted by Gasteiger charge is -2.21. The quantitative estimate of drug-likeness (QED) is 0.872. The highest BCUT2D eigenvalue weighted by Gasteiger charge is 2.22. The van der Waals surface area contributed by atoms with Gasteiger partial charge in [0.05, 0.1) is 24.2 Å². The first-order valence-corrected chi connectivity index (χ1v) is 8.60. The summed E-state index contributed by atoms with van der Waals surface area (Å²) in [5, 5.41) is 0.647. The largest absolute Gasteiger partial charge is 0.261 e. The highest BCUT2D eigenvalue weighted by molar-refractivity contribution is 7.92. The maximum absolute atomic E-state index is 13.8. The van der Waals surface area contributed by atoms with Gasteiger partial charge in [-0.25, -0.2) is 17.8 Å². The lowest BCUT2D eigenvalue weighted by atomic mass is 10.3. The first kappa shape index (κ1) is 14.9. The SMILES string of the molecule is Cc1nc(CN(c2ccccc2F)S(C)(=O)=O)sc1C. The Balaban J connectivity index is 2.42. The van der Waals surface area contributed by atoms with E-state index in [0.29, 0.717) is 5.01 Å². The van der Waals surface area contributed by atoms with Crippen LogP contribution in [0.1, 0.15) is 15.6 Å². The Kier molecular flexibility index (Phi) is 4.10. The molecule has 0 aliphatic carbocycles. The number of benzene rings is 1. The fourth-order valence-corrected chi connectivity index (χ4v) is 3.63. The fraction of sp³-hybridized carbons (Fsp3) is 0.308. The van der Waals surface area contributed by atoms with Gasteiger partial charge in [-0.05, 0) is 26.0 Å². The first-order chi connectivity index (χ1) is 9.29. The number of hydrogen-bond acceptors (Lipinski definition) is 4. The predicted molar refractivity (Wildman–Crippen MR) is 79.0 cm³/mol. The second-order valence-corrected chi connectivity index (χ2v) is 7.66. The number of para-hydroxylation sites is 1. The molecule has 0 saturated heterocycles. The summed E-state index contributed by atoms with van der Waals surface area (Å²) < 4.78 is 38.7. The zero-order valence-electron chi connectivity index (χ0n) is 11.4. The van der Waals surface area contributed by atoms with E-state index >= 15 is 0 Å². The number of rotatable bonds is 4. The van der Waals surface area contributed by atoms with Gasteiger partial charge in [0.25, 0.3) is 0 Å². The van der Waals surface area contributed by atoms with Crippen molar-refractivity contribution in [3.63, 3.8) is 0 Å². The van der Waals surface area contributed by atoms with E-state index in [1.54, 1.807) is 6.07 Å². The van der Waals surface area contributed by atoms with E-state index in [9.17, 15) is 12.8 Å². The predicted octanol–water partition coefficient (Wildman–Crippen LogP) is 2.87. The molecule has 0 bridgehead atoms. The van der Waals surface area contributed by atoms with Gasteiger partial charge in [-0.15, -0.1) is 11.3 Å². The molecule has 0 radical (unpaired) electrons. The normalized spacial score (nSPS) is 11.6. The summed E-state index contributed by atoms with van der Waals surface area (Å²) in [5.74, 6) is -0.567. The summed E-state index contributed by atoms with van der Waals surface area (Å²) >= 11 is 1.42. The molecule has 0 spiro atoms. The Morgan fingerprint density at radius 1 is 1.30 bits per heavy atom. The van der Waals surface area contributed by atoms with Gasteiger partial charge < -0.3 is 0 Å². The van der Waals surface area contributed by atoms with Crippen LogP contribution in [0.15, 0.2) is 24.3 Å². The summed E-state index contributed by atoms with van der Waals surface area (Å²) in [7, 11) is -3.58. The Hall–Kier alpha value is -1.47. The van der Waals surface area contributed by atoms with Gasteiger partial charge in [-0.2, -0.15) is 0 Å². The number of aryl methyl sites for hydroxylation is 2. The van der Waals surface area contributed by atoms with Crippen molar-refractivity contribution >= 4 is 27.0 Å². The van der Waals surface area contributed by atoms with Crippen LogP contribution in [-0.4, -0.2) is 19.7 Å². The topological polar surface area (TPSA) is 50.3 Å². The molecule has 0 unspecified atom stereocenters. The average molecular weight is 314 g/mol. The molecule has 0 N–H and O–H groups in total. The van der Waals surface area contributed by atoms with E-state index in [1.807, 2.05) is 13.8 Å². The van der Waals surface area contributed by atoms with Crippen LogP contribution in [0.25, 0.3) is 0 Å². The van der Waals surface area contributed by atoms with E-state index in [2.05, 4.69) is 4.98 Å². The Bertz CT molecular complexity index is 706. The molecule has 2 rings (SSSR count). The number of thiazole rings is 1. The summed E-state index contributed by atoms with van der Waals surface area (Å²) in [6.07, 6.45) is 1.06. The fourth-order valence-electron chi connectivity index (χ4n) is 1.76. The molecule has 0 saturated carbocycles. The second kappa shape index (κ2) is 5.49. The van der Waals surface area contributed by atoms with Crippen LogP contribution in [0.5, 0.6) is 0 Å². The molecule has 0 aliphatic heterocycles. The maximum atomic E-state index is 13.8. The summed E-state index contributed by atoms with van der Waals surface area (Å²) in [6.45, 7) is 3.83. The van der Waals surface area contributed by atoms with Gasteiger partial charge in [0.2, 0.25) is 10.0 Å². The Labute approximate surface area is 121 Å². The van der Waals surface area contributed by atoms with Crippen LogP contribution in [0.2, 0.25) is 0 Å². The van der Waals surface area contributed by atoms with E-state index in [-0.39, 0.29) is 12.2 Å². The molecule has 0 amide bonds. The van der Waals surface area contributed by atoms with Crippen LogP contribution in [-0.2, 0) is 16.6 Å². The molecule has 7 heteroatoms. The molecular weight excluding hydrogens is 299 g/mol. The lowest BCUT2D eigenvalue weighted by molar-refractivity contribution is 0.589. The minimum absolute atomic E-state index is 0.0408. The molecule has 1 heterocycles. The van der Waals surface area contributed by atoms with Gasteiger partial charge in [-0.1, -0.05) is 12.1 Å². The molecule has 0 atom stereocenters. The molecule has 20 heavy (non-hydrogen) atoms. The highest BCUT2D eigenvalue weighted by atomic mass is 32.2. The third-order valence-corrected chi connectivity index (χ3v) is 5.06. The van der Waals surface area contributed by atoms with Crippen LogP contribution in [0.3, 0.4) is 0 Å². The number of nitrogens with zero attached hydrogens (tertiary/aromatic N) is 2. The first-order valence-electron chi connectivity index (χ1n) is 5.94. The van der Waals surface area contributed by atoms with Crippen molar-refractivity contribution in [3.05, 3.63) is 45.7 Å². The van der Waals surface area contributed by atoms with Crippen LogP contribution < -0.4 is 4.31 Å². The van der Waals surface area contributed by atoms with Crippen molar-refractivity contribution in [2.24, 2.45) is 0 Å². The van der Waals surface area contributed by atoms with Crippen LogP contribution >= 0.6 is 11.3 Å². The minimum atomic E-state index is -3.58. The molecule has 0 fully saturated rings. The molecule has 0 aliphatic rings. The molecule has 4 nitrogen and oxygen atoms in total. The van der Waals surface area contributed by atoms with Crippen LogP contribution in [0, 0.1) is 19.7 Å². The lowest BCUT2D eigenvalue weighted by Crippen LogP contribution is -2.30. The van der Waals surface area contributed by atoms with Gasteiger partial charge in [0.1, 0.15) is 10.8 Å². The molecule has 2 aromatic rings. The number of halogens is 1. The van der Waals surface area contributed by atoms with Crippen LogP contribution in [0.4, 0.5) is 10.1 Å². The number of aromatic nitrogens is 1. The van der Waals surface area contributed by atoms with E-state index in [4.69, 9.17) is 0 Å². The van der Waals surface area contributed by atoms with Crippen molar-refractivity contribution in [1.29, 1.82) is 0 Å². The monoisotopic (exact) mass is 314 g/mol. The van der Waals surface area contributed by atoms with Gasteiger partial charge in [-0.3, -0.25) is 4.31 Å². The van der Waals surface area contributed by atoms with E-state index in [0.717, 1.165) is 21.1 Å². The second-order valence-electron chi connectivity index (χ2n) is 4.47. The van der Waals surface area contributed by atoms with Gasteiger partial charge in [0, 0.05) is 4.88 Å². The Morgan fingerprint density at radius 3 is 2.45 bits per heavy atom. The van der Waals surface area contributed by atoms with Crippen molar-refractivity contribution < 1.29 is 12.8 Å². The summed E-state index contributed by atoms with van der Waals surface area (Å²) in [5.41, 5.74) is 0.910. The standard InChI is InChI=1S/C13H15FN2O2S2/c1-9-10(2)19-13(15-9)8-16(20(3,17)18)12-7-5-4-6-11(12)14/h4-7H,8H2,1-3H3. The van der Waals surface area contributed by atoms with Gasteiger partial charge in [0.15, 0.2) is 0 Å². The molecule has 1 aromatic heterocycles. The smallest absolute Gasteiger partial charge is 0.232 e. The van der Waals surface area contributed by atoms with Crippen molar-refractivity contribution in [3.8, 4) is 0 Å². The van der Waals surface area contributed by atoms with Crippen molar-refractivity contribution in [2.45, 2.75) is 20.4 Å². The third kappa shape index (κ3) is 3.16. The Morgan fingerprint density at radius 2 is 1.95 bits per heavy atom. The summed E-state index contributed by atoms with van der Waals surface area (Å²) in [6, 6.07) is 5.82. The maximum Gasteiger partial charge on any atom is 0.232 e. The highest BCUT2D eigenvalue weighted by Crippen LogP contribution is 2.26. The summed E-state index contributed by atoms with van der Waals surface area (Å²) in [4.78, 5) is 5.34. The molecule has 108 valence electrons. The third-order valence-electron chi connectivity index (χ3n) is 2.87. The van der Waals surface area contributed by atoms with Crippen molar-refractivity contribution in [2.75, 3.05) is 10.6 Å². The number of sulfonamides is 1. The molecule has 1 aromatic carbocycles. The average Bonchev–Trinajstić information content (AvgIpc) is 2.65. The zero-order valence-corrected chi connectivity index (χ0v) is 13.1. The number of hydrogen-bond donors (Lipinski definition) is 0.